The van der Waals surface area contributed by atoms with Crippen LogP contribution in [0.25, 0.3) is 10.2 Å². The van der Waals surface area contributed by atoms with E-state index in [1.807, 2.05) is 18.2 Å². The minimum absolute atomic E-state index is 0.0454. The number of rotatable bonds is 5. The van der Waals surface area contributed by atoms with Gasteiger partial charge in [-0.2, -0.15) is 0 Å². The summed E-state index contributed by atoms with van der Waals surface area (Å²) in [7, 11) is 0. The lowest BCUT2D eigenvalue weighted by molar-refractivity contribution is -0.910. The average Bonchev–Trinajstić information content (AvgIpc) is 3.29. The number of nitrogens with one attached hydrogen (secondary N) is 2. The Labute approximate surface area is 170 Å². The lowest BCUT2D eigenvalue weighted by Crippen LogP contribution is -3.11. The summed E-state index contributed by atoms with van der Waals surface area (Å²) in [4.78, 5) is 28.9. The third-order valence-electron chi connectivity index (χ3n) is 4.91. The highest BCUT2D eigenvalue weighted by Crippen LogP contribution is 2.29. The molecule has 2 N–H and O–H groups in total. The molecule has 0 radical (unpaired) electrons. The second kappa shape index (κ2) is 7.83. The lowest BCUT2D eigenvalue weighted by atomic mass is 10.2. The quantitative estimate of drug-likeness (QED) is 0.492. The predicted molar refractivity (Wildman–Crippen MR) is 109 cm³/mol. The molecule has 28 heavy (non-hydrogen) atoms. The maximum absolute atomic E-state index is 12.5. The first-order valence-electron chi connectivity index (χ1n) is 8.95. The fourth-order valence-corrected chi connectivity index (χ4v) is 4.95. The molecule has 1 aliphatic rings. The lowest BCUT2D eigenvalue weighted by Gasteiger charge is -2.19. The van der Waals surface area contributed by atoms with Crippen molar-refractivity contribution in [1.82, 2.24) is 4.98 Å². The number of benzene rings is 2. The Morgan fingerprint density at radius 1 is 1.36 bits per heavy atom. The molecule has 0 bridgehead atoms. The van der Waals surface area contributed by atoms with Crippen LogP contribution in [0.2, 0.25) is 5.02 Å². The summed E-state index contributed by atoms with van der Waals surface area (Å²) in [6.07, 6.45) is 2.03. The van der Waals surface area contributed by atoms with Gasteiger partial charge in [-0.1, -0.05) is 23.7 Å². The van der Waals surface area contributed by atoms with Crippen LogP contribution in [0.5, 0.6) is 0 Å². The van der Waals surface area contributed by atoms with Crippen LogP contribution in [0.3, 0.4) is 0 Å². The third-order valence-corrected chi connectivity index (χ3v) is 6.38. The van der Waals surface area contributed by atoms with Crippen LogP contribution < -0.4 is 10.2 Å². The van der Waals surface area contributed by atoms with Gasteiger partial charge in [0, 0.05) is 24.6 Å². The van der Waals surface area contributed by atoms with Crippen molar-refractivity contribution in [2.45, 2.75) is 18.9 Å². The summed E-state index contributed by atoms with van der Waals surface area (Å²) in [5.74, 6) is -0.181. The molecule has 1 fully saturated rings. The van der Waals surface area contributed by atoms with E-state index >= 15 is 0 Å². The molecule has 1 unspecified atom stereocenters. The summed E-state index contributed by atoms with van der Waals surface area (Å²) < 4.78 is 1.15. The van der Waals surface area contributed by atoms with Gasteiger partial charge < -0.3 is 10.2 Å². The largest absolute Gasteiger partial charge is 0.321 e. The van der Waals surface area contributed by atoms with Gasteiger partial charge in [0.1, 0.15) is 11.1 Å². The molecule has 2 heterocycles. The minimum Gasteiger partial charge on any atom is -0.321 e. The number of para-hydroxylation sites is 1. The van der Waals surface area contributed by atoms with E-state index < -0.39 is 4.92 Å². The Morgan fingerprint density at radius 2 is 2.18 bits per heavy atom. The van der Waals surface area contributed by atoms with Crippen LogP contribution in [0.1, 0.15) is 23.9 Å². The first kappa shape index (κ1) is 18.8. The molecule has 1 aliphatic heterocycles. The zero-order chi connectivity index (χ0) is 19.7. The molecule has 1 saturated heterocycles. The Hall–Kier alpha value is -2.55. The highest BCUT2D eigenvalue weighted by molar-refractivity contribution is 7.18. The molecule has 0 spiro atoms. The smallest absolute Gasteiger partial charge is 0.289 e. The number of anilines is 1. The van der Waals surface area contributed by atoms with Crippen molar-refractivity contribution in [3.63, 3.8) is 0 Å². The monoisotopic (exact) mass is 417 g/mol. The van der Waals surface area contributed by atoms with Gasteiger partial charge in [-0.25, -0.2) is 4.98 Å². The van der Waals surface area contributed by atoms with Crippen molar-refractivity contribution in [2.75, 3.05) is 18.4 Å². The first-order valence-corrected chi connectivity index (χ1v) is 10.1. The van der Waals surface area contributed by atoms with Gasteiger partial charge in [0.25, 0.3) is 11.6 Å². The van der Waals surface area contributed by atoms with Crippen molar-refractivity contribution in [2.24, 2.45) is 0 Å². The van der Waals surface area contributed by atoms with E-state index in [9.17, 15) is 14.9 Å². The molecule has 1 amide bonds. The van der Waals surface area contributed by atoms with Crippen LogP contribution in [-0.2, 0) is 4.79 Å². The summed E-state index contributed by atoms with van der Waals surface area (Å²) in [6.45, 7) is 1.19. The zero-order valence-electron chi connectivity index (χ0n) is 14.9. The number of quaternary nitrogens is 1. The number of nitrogens with zero attached hydrogens (tertiary/aromatic N) is 2. The van der Waals surface area contributed by atoms with Crippen LogP contribution >= 0.6 is 22.9 Å². The molecule has 1 aromatic heterocycles. The summed E-state index contributed by atoms with van der Waals surface area (Å²) >= 11 is 7.50. The van der Waals surface area contributed by atoms with Crippen LogP contribution in [0.4, 0.5) is 11.4 Å². The molecule has 7 nitrogen and oxygen atoms in total. The third kappa shape index (κ3) is 3.84. The maximum atomic E-state index is 12.5. The minimum atomic E-state index is -0.563. The average molecular weight is 418 g/mol. The van der Waals surface area contributed by atoms with E-state index in [4.69, 9.17) is 16.6 Å². The van der Waals surface area contributed by atoms with E-state index in [2.05, 4.69) is 11.4 Å². The second-order valence-electron chi connectivity index (χ2n) is 6.77. The predicted octanol–water partition coefficient (Wildman–Crippen LogP) is 3.22. The SMILES string of the molecule is O=C(C[NH+]1CCC[C@H]1c1nc2ccccc2s1)Nc1ccc(Cl)c([N+](=O)[O-])c1. The Balaban J connectivity index is 1.46. The van der Waals surface area contributed by atoms with Crippen molar-refractivity contribution < 1.29 is 14.6 Å². The number of fused-ring (bicyclic) bond motifs is 1. The number of likely N-dealkylation sites (tertiary alicyclic amines) is 1. The summed E-state index contributed by atoms with van der Waals surface area (Å²) in [6, 6.07) is 12.5. The highest BCUT2D eigenvalue weighted by atomic mass is 35.5. The molecule has 144 valence electrons. The van der Waals surface area contributed by atoms with Gasteiger partial charge in [-0.3, -0.25) is 14.9 Å². The van der Waals surface area contributed by atoms with E-state index in [0.29, 0.717) is 5.69 Å². The number of nitro groups is 1. The molecule has 0 saturated carbocycles. The zero-order valence-corrected chi connectivity index (χ0v) is 16.4. The molecule has 9 heteroatoms. The fraction of sp³-hybridized carbons (Fsp3) is 0.263. The summed E-state index contributed by atoms with van der Waals surface area (Å²) in [5, 5.41) is 14.9. The van der Waals surface area contributed by atoms with E-state index in [0.717, 1.165) is 34.6 Å². The molecule has 4 rings (SSSR count). The molecular formula is C19H18ClN4O3S+. The van der Waals surface area contributed by atoms with E-state index in [1.165, 1.54) is 17.0 Å². The first-order chi connectivity index (χ1) is 13.5. The Kier molecular flexibility index (Phi) is 5.25. The number of nitro benzene ring substituents is 1. The molecular weight excluding hydrogens is 400 g/mol. The van der Waals surface area contributed by atoms with Gasteiger partial charge in [0.05, 0.1) is 21.7 Å². The number of thiazole rings is 1. The van der Waals surface area contributed by atoms with Gasteiger partial charge in [-0.05, 0) is 24.3 Å². The standard InChI is InChI=1S/C19H17ClN4O3S/c20-13-8-7-12(10-16(13)24(26)27)21-18(25)11-23-9-3-5-15(23)19-22-14-4-1-2-6-17(14)28-19/h1-2,4,6-8,10,15H,3,5,9,11H2,(H,21,25)/p+1/t15-/m0/s1. The van der Waals surface area contributed by atoms with Gasteiger partial charge in [0.2, 0.25) is 0 Å². The Bertz CT molecular complexity index is 1020. The van der Waals surface area contributed by atoms with E-state index in [-0.39, 0.29) is 29.2 Å². The maximum Gasteiger partial charge on any atom is 0.289 e. The molecule has 3 aromatic rings. The second-order valence-corrected chi connectivity index (χ2v) is 8.24. The van der Waals surface area contributed by atoms with Crippen molar-refractivity contribution in [1.29, 1.82) is 0 Å². The summed E-state index contributed by atoms with van der Waals surface area (Å²) in [5.41, 5.74) is 1.14. The number of halogens is 1. The molecule has 2 aromatic carbocycles. The van der Waals surface area contributed by atoms with Crippen molar-refractivity contribution in [3.05, 3.63) is 62.6 Å². The van der Waals surface area contributed by atoms with Crippen LogP contribution in [0.15, 0.2) is 42.5 Å². The van der Waals surface area contributed by atoms with Crippen LogP contribution in [0, 0.1) is 10.1 Å². The Morgan fingerprint density at radius 3 is 2.96 bits per heavy atom. The molecule has 2 atom stereocenters. The highest BCUT2D eigenvalue weighted by Gasteiger charge is 2.34. The topological polar surface area (TPSA) is 89.6 Å². The number of carbonyl (C=O) groups is 1. The van der Waals surface area contributed by atoms with Gasteiger partial charge in [0.15, 0.2) is 11.6 Å². The fourth-order valence-electron chi connectivity index (χ4n) is 3.60. The van der Waals surface area contributed by atoms with E-state index in [1.54, 1.807) is 17.4 Å². The molecule has 0 aliphatic carbocycles. The number of amides is 1. The number of carbonyl (C=O) groups excluding carboxylic acids is 1. The van der Waals surface area contributed by atoms with Crippen molar-refractivity contribution >= 4 is 50.4 Å². The van der Waals surface area contributed by atoms with Gasteiger partial charge in [-0.15, -0.1) is 11.3 Å². The van der Waals surface area contributed by atoms with Gasteiger partial charge >= 0.3 is 0 Å². The van der Waals surface area contributed by atoms with Crippen LogP contribution in [-0.4, -0.2) is 28.9 Å². The number of aromatic nitrogens is 1. The van der Waals surface area contributed by atoms with Crippen molar-refractivity contribution in [3.8, 4) is 0 Å². The normalized spacial score (nSPS) is 19.0. The number of hydrogen-bond donors (Lipinski definition) is 2. The number of hydrogen-bond acceptors (Lipinski definition) is 5.